The Labute approximate surface area is 188 Å². The highest BCUT2D eigenvalue weighted by atomic mass is 16.7. The Balaban J connectivity index is 2.08. The third-order valence-corrected chi connectivity index (χ3v) is 7.38. The van der Waals surface area contributed by atoms with Gasteiger partial charge in [-0.1, -0.05) is 46.5 Å². The summed E-state index contributed by atoms with van der Waals surface area (Å²) in [6.45, 7) is 8.90. The van der Waals surface area contributed by atoms with Gasteiger partial charge in [-0.25, -0.2) is 0 Å². The summed E-state index contributed by atoms with van der Waals surface area (Å²) in [6.07, 6.45) is 5.24. The largest absolute Gasteiger partial charge is 0.389 e. The van der Waals surface area contributed by atoms with Crippen LogP contribution in [0.5, 0.6) is 0 Å². The van der Waals surface area contributed by atoms with Gasteiger partial charge in [0.15, 0.2) is 6.29 Å². The van der Waals surface area contributed by atoms with Gasteiger partial charge >= 0.3 is 0 Å². The van der Waals surface area contributed by atoms with Crippen molar-refractivity contribution in [3.8, 4) is 0 Å². The molecule has 1 amide bonds. The minimum Gasteiger partial charge on any atom is -0.389 e. The average molecular weight is 443 g/mol. The Morgan fingerprint density at radius 1 is 1.06 bits per heavy atom. The van der Waals surface area contributed by atoms with Gasteiger partial charge in [-0.05, 0) is 51.5 Å². The van der Waals surface area contributed by atoms with Crippen molar-refractivity contribution in [1.29, 1.82) is 0 Å². The van der Waals surface area contributed by atoms with Crippen molar-refractivity contribution >= 4 is 5.91 Å². The number of likely N-dealkylation sites (N-methyl/N-ethyl adjacent to an activating group) is 1. The number of rotatable bonds is 4. The molecule has 0 spiro atoms. The standard InChI is InChI=1S/C24H46N2O5/c1-6-18-10-7-9-15(2)12-13-19(16(3)23(29)26-14-8-11-18)31-24-22(28)20(25-5)21(27)17(4)30-24/h15-22,24-25,27-28H,6-14H2,1-5H3,(H,26,29)/t15?,16-,17+,18?,19?,20-,21-,22-,24+/m1/s1. The van der Waals surface area contributed by atoms with Crippen molar-refractivity contribution in [3.05, 3.63) is 0 Å². The number of ether oxygens (including phenoxy) is 2. The summed E-state index contributed by atoms with van der Waals surface area (Å²) in [5.41, 5.74) is 0. The third-order valence-electron chi connectivity index (χ3n) is 7.38. The van der Waals surface area contributed by atoms with Crippen LogP contribution in [0, 0.1) is 17.8 Å². The van der Waals surface area contributed by atoms with Gasteiger partial charge in [-0.15, -0.1) is 0 Å². The number of nitrogens with one attached hydrogen (secondary N) is 2. The minimum atomic E-state index is -1.01. The molecule has 2 rings (SSSR count). The van der Waals surface area contributed by atoms with Crippen molar-refractivity contribution in [2.45, 2.75) is 116 Å². The summed E-state index contributed by atoms with van der Waals surface area (Å²) in [4.78, 5) is 12.8. The molecule has 2 aliphatic heterocycles. The second-order valence-electron chi connectivity index (χ2n) is 9.79. The zero-order valence-electron chi connectivity index (χ0n) is 20.2. The fraction of sp³-hybridized carbons (Fsp3) is 0.958. The maximum atomic E-state index is 12.8. The molecule has 2 fully saturated rings. The fourth-order valence-electron chi connectivity index (χ4n) is 4.93. The van der Waals surface area contributed by atoms with Crippen LogP contribution in [0.2, 0.25) is 0 Å². The van der Waals surface area contributed by atoms with E-state index in [1.807, 2.05) is 6.92 Å². The van der Waals surface area contributed by atoms with Gasteiger partial charge in [0.1, 0.15) is 6.10 Å². The maximum absolute atomic E-state index is 12.8. The zero-order valence-corrected chi connectivity index (χ0v) is 20.2. The highest BCUT2D eigenvalue weighted by molar-refractivity contribution is 5.78. The molecule has 0 aromatic heterocycles. The molecule has 3 unspecified atom stereocenters. The Hall–Kier alpha value is -0.730. The van der Waals surface area contributed by atoms with Gasteiger partial charge in [-0.3, -0.25) is 4.79 Å². The first kappa shape index (κ1) is 26.5. The third kappa shape index (κ3) is 7.67. The molecule has 2 heterocycles. The number of carbonyl (C=O) groups is 1. The summed E-state index contributed by atoms with van der Waals surface area (Å²) in [5.74, 6) is 0.960. The van der Waals surface area contributed by atoms with Gasteiger partial charge in [0.05, 0.1) is 30.3 Å². The first-order valence-corrected chi connectivity index (χ1v) is 12.4. The highest BCUT2D eigenvalue weighted by Gasteiger charge is 2.44. The molecule has 31 heavy (non-hydrogen) atoms. The van der Waals surface area contributed by atoms with Crippen LogP contribution in [-0.4, -0.2) is 66.5 Å². The van der Waals surface area contributed by atoms with E-state index in [4.69, 9.17) is 9.47 Å². The zero-order chi connectivity index (χ0) is 23.0. The quantitative estimate of drug-likeness (QED) is 0.534. The SMILES string of the molecule is CCC1CCCNC(=O)[C@H](C)C(O[C@@H]2O[C@@H](C)[C@@H](O)[C@@H](NC)[C@H]2O)CCC(C)CCC1. The molecule has 0 aliphatic carbocycles. The Bertz CT molecular complexity index is 534. The lowest BCUT2D eigenvalue weighted by atomic mass is 9.88. The molecular formula is C24H46N2O5. The Morgan fingerprint density at radius 2 is 1.77 bits per heavy atom. The maximum Gasteiger partial charge on any atom is 0.225 e. The van der Waals surface area contributed by atoms with E-state index in [9.17, 15) is 15.0 Å². The molecular weight excluding hydrogens is 396 g/mol. The first-order chi connectivity index (χ1) is 14.8. The predicted octanol–water partition coefficient (Wildman–Crippen LogP) is 2.59. The number of amides is 1. The van der Waals surface area contributed by atoms with Crippen molar-refractivity contribution in [2.24, 2.45) is 17.8 Å². The second kappa shape index (κ2) is 13.1. The molecule has 4 N–H and O–H groups in total. The van der Waals surface area contributed by atoms with Gasteiger partial charge in [-0.2, -0.15) is 0 Å². The van der Waals surface area contributed by atoms with E-state index in [-0.39, 0.29) is 17.9 Å². The molecule has 0 aromatic rings. The van der Waals surface area contributed by atoms with Crippen LogP contribution in [-0.2, 0) is 14.3 Å². The minimum absolute atomic E-state index is 0.00805. The van der Waals surface area contributed by atoms with E-state index in [2.05, 4.69) is 24.5 Å². The number of hydrogen-bond donors (Lipinski definition) is 4. The molecule has 182 valence electrons. The van der Waals surface area contributed by atoms with Crippen molar-refractivity contribution in [1.82, 2.24) is 10.6 Å². The van der Waals surface area contributed by atoms with Gasteiger partial charge < -0.3 is 30.3 Å². The summed E-state index contributed by atoms with van der Waals surface area (Å²) in [6, 6.07) is -0.540. The molecule has 2 saturated heterocycles. The van der Waals surface area contributed by atoms with Crippen molar-refractivity contribution in [2.75, 3.05) is 13.6 Å². The van der Waals surface area contributed by atoms with Gasteiger partial charge in [0, 0.05) is 6.54 Å². The van der Waals surface area contributed by atoms with E-state index in [1.165, 1.54) is 25.7 Å². The van der Waals surface area contributed by atoms with Crippen LogP contribution in [0.15, 0.2) is 0 Å². The normalized spacial score (nSPS) is 41.9. The lowest BCUT2D eigenvalue weighted by Gasteiger charge is -2.43. The van der Waals surface area contributed by atoms with Crippen LogP contribution in [0.4, 0.5) is 0 Å². The van der Waals surface area contributed by atoms with E-state index >= 15 is 0 Å². The Kier molecular flexibility index (Phi) is 11.2. The van der Waals surface area contributed by atoms with E-state index in [1.54, 1.807) is 14.0 Å². The lowest BCUT2D eigenvalue weighted by molar-refractivity contribution is -0.287. The van der Waals surface area contributed by atoms with Crippen LogP contribution >= 0.6 is 0 Å². The number of carbonyl (C=O) groups excluding carboxylic acids is 1. The number of aliphatic hydroxyl groups excluding tert-OH is 2. The van der Waals surface area contributed by atoms with Gasteiger partial charge in [0.2, 0.25) is 5.91 Å². The summed E-state index contributed by atoms with van der Waals surface area (Å²) >= 11 is 0. The molecule has 7 heteroatoms. The number of hydrogen-bond acceptors (Lipinski definition) is 6. The molecule has 0 aromatic carbocycles. The van der Waals surface area contributed by atoms with E-state index in [0.717, 1.165) is 31.6 Å². The highest BCUT2D eigenvalue weighted by Crippen LogP contribution is 2.28. The van der Waals surface area contributed by atoms with Crippen molar-refractivity contribution in [3.63, 3.8) is 0 Å². The van der Waals surface area contributed by atoms with Gasteiger partial charge in [0.25, 0.3) is 0 Å². The Morgan fingerprint density at radius 3 is 2.45 bits per heavy atom. The monoisotopic (exact) mass is 442 g/mol. The molecule has 0 saturated carbocycles. The molecule has 7 nitrogen and oxygen atoms in total. The summed E-state index contributed by atoms with van der Waals surface area (Å²) in [7, 11) is 1.70. The van der Waals surface area contributed by atoms with Crippen LogP contribution < -0.4 is 10.6 Å². The first-order valence-electron chi connectivity index (χ1n) is 12.4. The molecule has 0 radical (unpaired) electrons. The van der Waals surface area contributed by atoms with Crippen molar-refractivity contribution < 1.29 is 24.5 Å². The van der Waals surface area contributed by atoms with Crippen LogP contribution in [0.25, 0.3) is 0 Å². The summed E-state index contributed by atoms with van der Waals surface area (Å²) < 4.78 is 12.0. The topological polar surface area (TPSA) is 100 Å². The molecule has 0 bridgehead atoms. The molecule has 9 atom stereocenters. The molecule has 2 aliphatic rings. The lowest BCUT2D eigenvalue weighted by Crippen LogP contribution is -2.62. The average Bonchev–Trinajstić information content (AvgIpc) is 2.75. The van der Waals surface area contributed by atoms with E-state index in [0.29, 0.717) is 12.5 Å². The fourth-order valence-corrected chi connectivity index (χ4v) is 4.93. The smallest absolute Gasteiger partial charge is 0.225 e. The van der Waals surface area contributed by atoms with E-state index < -0.39 is 30.6 Å². The predicted molar refractivity (Wildman–Crippen MR) is 122 cm³/mol. The van der Waals surface area contributed by atoms with Crippen LogP contribution in [0.3, 0.4) is 0 Å². The summed E-state index contributed by atoms with van der Waals surface area (Å²) in [5, 5.41) is 27.0. The van der Waals surface area contributed by atoms with Crippen LogP contribution in [0.1, 0.15) is 79.1 Å². The second-order valence-corrected chi connectivity index (χ2v) is 9.79. The number of aliphatic hydroxyl groups is 2.